The summed E-state index contributed by atoms with van der Waals surface area (Å²) in [6.45, 7) is 12.9. The monoisotopic (exact) mass is 854 g/mol. The maximum Gasteiger partial charge on any atom is 0.233 e. The minimum absolute atomic E-state index is 0.0707. The number of carbonyl (C=O) groups excluding carboxylic acids is 1. The van der Waals surface area contributed by atoms with Crippen molar-refractivity contribution in [3.05, 3.63) is 102 Å². The summed E-state index contributed by atoms with van der Waals surface area (Å²) < 4.78 is 51.7. The molecule has 0 spiro atoms. The average molecular weight is 855 g/mol. The number of hydrogen-bond acceptors (Lipinski definition) is 11. The summed E-state index contributed by atoms with van der Waals surface area (Å²) in [4.78, 5) is 29.1. The second kappa shape index (κ2) is 17.1. The first-order valence-electron chi connectivity index (χ1n) is 20.9. The molecule has 2 aromatic heterocycles. The van der Waals surface area contributed by atoms with Crippen LogP contribution in [0.5, 0.6) is 11.5 Å². The Kier molecular flexibility index (Phi) is 12.4. The van der Waals surface area contributed by atoms with Crippen LogP contribution in [-0.2, 0) is 24.3 Å². The molecule has 61 heavy (non-hydrogen) atoms. The van der Waals surface area contributed by atoms with Crippen molar-refractivity contribution in [2.75, 3.05) is 44.7 Å². The maximum atomic E-state index is 17.9. The number of aromatic nitrogens is 4. The highest BCUT2D eigenvalue weighted by Crippen LogP contribution is 2.49. The highest BCUT2D eigenvalue weighted by Gasteiger charge is 2.61. The van der Waals surface area contributed by atoms with Crippen LogP contribution < -0.4 is 19.7 Å². The Morgan fingerprint density at radius 1 is 0.967 bits per heavy atom. The van der Waals surface area contributed by atoms with Crippen molar-refractivity contribution >= 4 is 37.2 Å². The van der Waals surface area contributed by atoms with E-state index in [1.165, 1.54) is 10.9 Å². The first-order chi connectivity index (χ1) is 29.0. The van der Waals surface area contributed by atoms with Gasteiger partial charge in [0.1, 0.15) is 28.8 Å². The van der Waals surface area contributed by atoms with Crippen LogP contribution in [0.4, 0.5) is 16.2 Å². The van der Waals surface area contributed by atoms with Gasteiger partial charge in [-0.3, -0.25) is 14.7 Å². The van der Waals surface area contributed by atoms with E-state index in [2.05, 4.69) is 26.1 Å². The molecule has 2 fully saturated rings. The predicted molar refractivity (Wildman–Crippen MR) is 235 cm³/mol. The molecule has 1 amide bonds. The molecule has 1 saturated carbocycles. The molecule has 0 unspecified atom stereocenters. The average Bonchev–Trinajstić information content (AvgIpc) is 3.97. The molecule has 2 aliphatic rings. The van der Waals surface area contributed by atoms with Crippen LogP contribution in [0.2, 0.25) is 18.1 Å². The third-order valence-corrected chi connectivity index (χ3v) is 17.0. The standard InChI is InChI=1S/C46H59FN6O7Si/c1-29(2)41(55)51-43-49-39(52(6)33-20-21-33)37-40(50-43)53(28-48-37)42-36(47)38(60-61(9,10)44(3,4)5)45(26-54,59-42)27-58-46(30-14-12-11-13-15-30,31-16-22-34(56-7)23-17-31)32-18-24-35(57-8)25-19-32/h11-19,22-25,28-29,33,36,38,42,54H,20-21,26-27H2,1-10H3,(H,49,50,51,55)/t36-,38+,42-,45+/m1/s1. The lowest BCUT2D eigenvalue weighted by Gasteiger charge is -2.44. The number of aliphatic hydroxyl groups is 1. The summed E-state index contributed by atoms with van der Waals surface area (Å²) in [6, 6.07) is 25.2. The van der Waals surface area contributed by atoms with E-state index < -0.39 is 44.6 Å². The van der Waals surface area contributed by atoms with E-state index in [1.54, 1.807) is 28.1 Å². The van der Waals surface area contributed by atoms with Gasteiger partial charge in [0.25, 0.3) is 0 Å². The Morgan fingerprint density at radius 3 is 2.05 bits per heavy atom. The first kappa shape index (κ1) is 44.1. The van der Waals surface area contributed by atoms with Gasteiger partial charge in [0, 0.05) is 19.0 Å². The van der Waals surface area contributed by atoms with Crippen LogP contribution in [0.25, 0.3) is 11.2 Å². The fourth-order valence-electron chi connectivity index (χ4n) is 7.56. The summed E-state index contributed by atoms with van der Waals surface area (Å²) in [7, 11) is 2.39. The molecule has 3 aromatic carbocycles. The quantitative estimate of drug-likeness (QED) is 0.0736. The number of alkyl halides is 1. The largest absolute Gasteiger partial charge is 0.497 e. The molecule has 1 aliphatic carbocycles. The van der Waals surface area contributed by atoms with Crippen LogP contribution in [0.15, 0.2) is 85.2 Å². The van der Waals surface area contributed by atoms with Gasteiger partial charge in [0.15, 0.2) is 37.7 Å². The Bertz CT molecular complexity index is 2250. The summed E-state index contributed by atoms with van der Waals surface area (Å²) in [5, 5.41) is 14.2. The third-order valence-electron chi connectivity index (χ3n) is 12.5. The number of nitrogens with zero attached hydrogens (tertiary/aromatic N) is 5. The molecule has 4 atom stereocenters. The number of anilines is 2. The number of halogens is 1. The molecule has 326 valence electrons. The van der Waals surface area contributed by atoms with Crippen molar-refractivity contribution in [1.82, 2.24) is 19.5 Å². The fourth-order valence-corrected chi connectivity index (χ4v) is 8.89. The number of ether oxygens (including phenoxy) is 4. The zero-order chi connectivity index (χ0) is 43.9. The number of aliphatic hydroxyl groups excluding tert-OH is 1. The topological polar surface area (TPSA) is 142 Å². The number of benzene rings is 3. The van der Waals surface area contributed by atoms with E-state index in [9.17, 15) is 9.90 Å². The normalized spacial score (nSPS) is 20.9. The van der Waals surface area contributed by atoms with Crippen LogP contribution >= 0.6 is 0 Å². The van der Waals surface area contributed by atoms with Crippen molar-refractivity contribution in [2.45, 2.75) is 101 Å². The molecular formula is C46H59FN6O7Si. The van der Waals surface area contributed by atoms with Crippen LogP contribution in [-0.4, -0.2) is 97.2 Å². The summed E-state index contributed by atoms with van der Waals surface area (Å²) in [6.07, 6.45) is -1.04. The van der Waals surface area contributed by atoms with E-state index in [4.69, 9.17) is 38.3 Å². The van der Waals surface area contributed by atoms with Crippen LogP contribution in [0, 0.1) is 5.92 Å². The lowest BCUT2D eigenvalue weighted by atomic mass is 9.79. The predicted octanol–water partition coefficient (Wildman–Crippen LogP) is 8.03. The number of carbonyl (C=O) groups is 1. The number of amides is 1. The maximum absolute atomic E-state index is 17.9. The Morgan fingerprint density at radius 2 is 1.54 bits per heavy atom. The van der Waals surface area contributed by atoms with Gasteiger partial charge in [0.05, 0.1) is 33.8 Å². The summed E-state index contributed by atoms with van der Waals surface area (Å²) in [5.74, 6) is 1.30. The van der Waals surface area contributed by atoms with Gasteiger partial charge < -0.3 is 33.4 Å². The van der Waals surface area contributed by atoms with Gasteiger partial charge >= 0.3 is 0 Å². The number of rotatable bonds is 16. The molecule has 0 radical (unpaired) electrons. The van der Waals surface area contributed by atoms with E-state index in [-0.39, 0.29) is 41.1 Å². The lowest BCUT2D eigenvalue weighted by Crippen LogP contribution is -2.57. The summed E-state index contributed by atoms with van der Waals surface area (Å²) >= 11 is 0. The molecule has 7 rings (SSSR count). The van der Waals surface area contributed by atoms with Gasteiger partial charge in [-0.2, -0.15) is 9.97 Å². The molecule has 15 heteroatoms. The minimum Gasteiger partial charge on any atom is -0.497 e. The van der Waals surface area contributed by atoms with Gasteiger partial charge in [-0.05, 0) is 71.9 Å². The van der Waals surface area contributed by atoms with E-state index in [0.29, 0.717) is 22.8 Å². The number of nitrogens with one attached hydrogen (secondary N) is 1. The van der Waals surface area contributed by atoms with Crippen molar-refractivity contribution in [1.29, 1.82) is 0 Å². The van der Waals surface area contributed by atoms with Crippen molar-refractivity contribution in [3.8, 4) is 11.5 Å². The van der Waals surface area contributed by atoms with Crippen LogP contribution in [0.1, 0.15) is 70.4 Å². The van der Waals surface area contributed by atoms with Gasteiger partial charge in [-0.1, -0.05) is 89.2 Å². The second-order valence-corrected chi connectivity index (χ2v) is 22.7. The molecule has 1 saturated heterocycles. The van der Waals surface area contributed by atoms with Crippen molar-refractivity contribution in [3.63, 3.8) is 0 Å². The number of methoxy groups -OCH3 is 2. The Labute approximate surface area is 358 Å². The highest BCUT2D eigenvalue weighted by molar-refractivity contribution is 6.74. The minimum atomic E-state index is -2.76. The number of imidazole rings is 1. The molecule has 2 N–H and O–H groups in total. The highest BCUT2D eigenvalue weighted by atomic mass is 28.4. The Hall–Kier alpha value is -4.93. The SMILES string of the molecule is COc1ccc(C(OC[C@]2(CO)O[C@@H](n3cnc4c(N(C)C5CC5)nc(NC(=O)C(C)C)nc43)[C@H](F)[C@@H]2O[Si](C)(C)C(C)(C)C)(c2ccccc2)c2ccc(OC)cc2)cc1. The molecule has 13 nitrogen and oxygen atoms in total. The molecule has 1 aliphatic heterocycles. The van der Waals surface area contributed by atoms with Gasteiger partial charge in [-0.25, -0.2) is 9.37 Å². The van der Waals surface area contributed by atoms with E-state index in [1.807, 2.05) is 104 Å². The van der Waals surface area contributed by atoms with Gasteiger partial charge in [0.2, 0.25) is 11.9 Å². The van der Waals surface area contributed by atoms with Crippen molar-refractivity contribution in [2.24, 2.45) is 5.92 Å². The van der Waals surface area contributed by atoms with E-state index >= 15 is 4.39 Å². The molecule has 5 aromatic rings. The molecular weight excluding hydrogens is 796 g/mol. The van der Waals surface area contributed by atoms with E-state index in [0.717, 1.165) is 29.5 Å². The van der Waals surface area contributed by atoms with Crippen LogP contribution in [0.3, 0.4) is 0 Å². The second-order valence-electron chi connectivity index (χ2n) is 17.9. The Balaban J connectivity index is 1.38. The first-order valence-corrected chi connectivity index (χ1v) is 23.8. The molecule has 0 bridgehead atoms. The smallest absolute Gasteiger partial charge is 0.233 e. The van der Waals surface area contributed by atoms with Crippen molar-refractivity contribution < 1.29 is 37.7 Å². The lowest BCUT2D eigenvalue weighted by molar-refractivity contribution is -0.175. The molecule has 3 heterocycles. The number of fused-ring (bicyclic) bond motifs is 1. The zero-order valence-electron chi connectivity index (χ0n) is 36.8. The fraction of sp³-hybridized carbons (Fsp3) is 0.478. The van der Waals surface area contributed by atoms with Gasteiger partial charge in [-0.15, -0.1) is 0 Å². The zero-order valence-corrected chi connectivity index (χ0v) is 37.8. The number of hydrogen-bond donors (Lipinski definition) is 2. The third kappa shape index (κ3) is 8.38. The summed E-state index contributed by atoms with van der Waals surface area (Å²) in [5.41, 5.74) is -0.0676.